The first-order valence-corrected chi connectivity index (χ1v) is 14.1. The summed E-state index contributed by atoms with van der Waals surface area (Å²) in [7, 11) is -0.649. The summed E-state index contributed by atoms with van der Waals surface area (Å²) < 4.78 is 41.9. The smallest absolute Gasteiger partial charge is 0.253 e. The van der Waals surface area contributed by atoms with Gasteiger partial charge in [-0.3, -0.25) is 13.9 Å². The van der Waals surface area contributed by atoms with E-state index in [2.05, 4.69) is 10.6 Å². The van der Waals surface area contributed by atoms with Gasteiger partial charge in [0.1, 0.15) is 12.3 Å². The van der Waals surface area contributed by atoms with E-state index in [4.69, 9.17) is 14.2 Å². The van der Waals surface area contributed by atoms with Gasteiger partial charge in [0, 0.05) is 6.54 Å². The molecule has 208 valence electrons. The van der Waals surface area contributed by atoms with Crippen molar-refractivity contribution in [2.45, 2.75) is 13.3 Å². The van der Waals surface area contributed by atoms with Gasteiger partial charge < -0.3 is 24.8 Å². The second-order valence-electron chi connectivity index (χ2n) is 8.49. The highest BCUT2D eigenvalue weighted by Crippen LogP contribution is 2.27. The van der Waals surface area contributed by atoms with Gasteiger partial charge in [-0.25, -0.2) is 8.42 Å². The Balaban J connectivity index is 1.66. The topological polar surface area (TPSA) is 123 Å². The first-order valence-electron chi connectivity index (χ1n) is 12.2. The number of sulfonamides is 1. The van der Waals surface area contributed by atoms with Crippen LogP contribution in [0.3, 0.4) is 0 Å². The maximum absolute atomic E-state index is 12.9. The van der Waals surface area contributed by atoms with E-state index in [1.165, 1.54) is 0 Å². The summed E-state index contributed by atoms with van der Waals surface area (Å²) in [6, 6.07) is 18.5. The summed E-state index contributed by atoms with van der Waals surface area (Å²) in [6.07, 6.45) is 1.57. The highest BCUT2D eigenvalue weighted by atomic mass is 32.2. The molecule has 11 heteroatoms. The van der Waals surface area contributed by atoms with Crippen molar-refractivity contribution < 1.29 is 32.2 Å². The average Bonchev–Trinajstić information content (AvgIpc) is 2.92. The molecule has 0 heterocycles. The summed E-state index contributed by atoms with van der Waals surface area (Å²) in [4.78, 5) is 25.8. The summed E-state index contributed by atoms with van der Waals surface area (Å²) in [5.74, 6) is 0.831. The van der Waals surface area contributed by atoms with E-state index in [0.29, 0.717) is 42.5 Å². The van der Waals surface area contributed by atoms with E-state index in [1.54, 1.807) is 68.8 Å². The zero-order valence-electron chi connectivity index (χ0n) is 22.4. The molecule has 0 saturated carbocycles. The minimum atomic E-state index is -3.77. The second-order valence-corrected chi connectivity index (χ2v) is 10.4. The van der Waals surface area contributed by atoms with Gasteiger partial charge in [-0.05, 0) is 67.4 Å². The highest BCUT2D eigenvalue weighted by Gasteiger charge is 2.22. The molecule has 0 aliphatic rings. The van der Waals surface area contributed by atoms with Gasteiger partial charge in [-0.2, -0.15) is 0 Å². The molecule has 0 radical (unpaired) electrons. The fraction of sp³-hybridized carbons (Fsp3) is 0.286. The number of carbonyl (C=O) groups is 2. The highest BCUT2D eigenvalue weighted by molar-refractivity contribution is 7.92. The lowest BCUT2D eigenvalue weighted by Gasteiger charge is -2.22. The number of anilines is 2. The average molecular weight is 556 g/mol. The summed E-state index contributed by atoms with van der Waals surface area (Å²) in [5.41, 5.74) is 1.79. The molecular formula is C28H33N3O7S. The first-order chi connectivity index (χ1) is 18.7. The van der Waals surface area contributed by atoms with Gasteiger partial charge in [0.25, 0.3) is 5.91 Å². The maximum atomic E-state index is 12.9. The van der Waals surface area contributed by atoms with Crippen LogP contribution in [0.2, 0.25) is 0 Å². The standard InChI is InChI=1S/C28H33N3O7S/c1-5-38-22-13-11-21(12-14-22)31(39(4,34)35)19-27(32)30-24-9-7-6-8-23(24)28(33)29-17-16-20-10-15-25(36-2)26(18-20)37-3/h6-15,18H,5,16-17,19H2,1-4H3,(H,29,33)(H,30,32). The molecule has 0 spiro atoms. The molecule has 3 aromatic carbocycles. The molecule has 0 aromatic heterocycles. The van der Waals surface area contributed by atoms with Gasteiger partial charge in [-0.1, -0.05) is 18.2 Å². The van der Waals surface area contributed by atoms with Crippen LogP contribution in [0.15, 0.2) is 66.7 Å². The van der Waals surface area contributed by atoms with Crippen LogP contribution in [0.25, 0.3) is 0 Å². The number of amides is 2. The van der Waals surface area contributed by atoms with Crippen LogP contribution in [0.5, 0.6) is 17.2 Å². The largest absolute Gasteiger partial charge is 0.494 e. The number of carbonyl (C=O) groups excluding carboxylic acids is 2. The van der Waals surface area contributed by atoms with Crippen molar-refractivity contribution in [3.63, 3.8) is 0 Å². The van der Waals surface area contributed by atoms with Crippen LogP contribution in [0.4, 0.5) is 11.4 Å². The number of nitrogens with one attached hydrogen (secondary N) is 2. The Morgan fingerprint density at radius 1 is 0.923 bits per heavy atom. The third kappa shape index (κ3) is 8.11. The zero-order valence-corrected chi connectivity index (χ0v) is 23.2. The van der Waals surface area contributed by atoms with E-state index in [9.17, 15) is 18.0 Å². The third-order valence-electron chi connectivity index (χ3n) is 5.72. The van der Waals surface area contributed by atoms with Crippen molar-refractivity contribution in [1.29, 1.82) is 0 Å². The van der Waals surface area contributed by atoms with Crippen LogP contribution >= 0.6 is 0 Å². The molecular weight excluding hydrogens is 522 g/mol. The first kappa shape index (κ1) is 29.3. The SMILES string of the molecule is CCOc1ccc(N(CC(=O)Nc2ccccc2C(=O)NCCc2ccc(OC)c(OC)c2)S(C)(=O)=O)cc1. The Bertz CT molecular complexity index is 1390. The van der Waals surface area contributed by atoms with Gasteiger partial charge >= 0.3 is 0 Å². The Morgan fingerprint density at radius 3 is 2.26 bits per heavy atom. The van der Waals surface area contributed by atoms with Crippen LogP contribution in [-0.2, 0) is 21.2 Å². The molecule has 0 bridgehead atoms. The molecule has 0 saturated heterocycles. The Labute approximate surface area is 228 Å². The van der Waals surface area contributed by atoms with Crippen LogP contribution < -0.4 is 29.1 Å². The van der Waals surface area contributed by atoms with E-state index in [0.717, 1.165) is 16.1 Å². The normalized spacial score (nSPS) is 10.9. The minimum Gasteiger partial charge on any atom is -0.494 e. The number of hydrogen-bond acceptors (Lipinski definition) is 7. The number of ether oxygens (including phenoxy) is 3. The van der Waals surface area contributed by atoms with Crippen LogP contribution in [0.1, 0.15) is 22.8 Å². The Morgan fingerprint density at radius 2 is 1.62 bits per heavy atom. The lowest BCUT2D eigenvalue weighted by atomic mass is 10.1. The zero-order chi connectivity index (χ0) is 28.4. The number of hydrogen-bond donors (Lipinski definition) is 2. The summed E-state index contributed by atoms with van der Waals surface area (Å²) >= 11 is 0. The Hall–Kier alpha value is -4.25. The number of para-hydroxylation sites is 1. The predicted octanol–water partition coefficient (Wildman–Crippen LogP) is 3.48. The third-order valence-corrected chi connectivity index (χ3v) is 6.86. The fourth-order valence-electron chi connectivity index (χ4n) is 3.84. The van der Waals surface area contributed by atoms with E-state index in [-0.39, 0.29) is 17.2 Å². The summed E-state index contributed by atoms with van der Waals surface area (Å²) in [5, 5.41) is 5.52. The molecule has 3 aromatic rings. The number of methoxy groups -OCH3 is 2. The summed E-state index contributed by atoms with van der Waals surface area (Å²) in [6.45, 7) is 2.19. The predicted molar refractivity (Wildman–Crippen MR) is 150 cm³/mol. The number of rotatable bonds is 13. The molecule has 39 heavy (non-hydrogen) atoms. The van der Waals surface area contributed by atoms with Gasteiger partial charge in [-0.15, -0.1) is 0 Å². The van der Waals surface area contributed by atoms with Crippen LogP contribution in [-0.4, -0.2) is 60.4 Å². The fourth-order valence-corrected chi connectivity index (χ4v) is 4.69. The van der Waals surface area contributed by atoms with Crippen molar-refractivity contribution in [2.24, 2.45) is 0 Å². The second kappa shape index (κ2) is 13.5. The number of benzene rings is 3. The number of nitrogens with zero attached hydrogens (tertiary/aromatic N) is 1. The lowest BCUT2D eigenvalue weighted by Crippen LogP contribution is -2.37. The van der Waals surface area contributed by atoms with Crippen molar-refractivity contribution in [3.8, 4) is 17.2 Å². The minimum absolute atomic E-state index is 0.255. The van der Waals surface area contributed by atoms with Gasteiger partial charge in [0.05, 0.1) is 44.0 Å². The monoisotopic (exact) mass is 555 g/mol. The van der Waals surface area contributed by atoms with E-state index < -0.39 is 22.5 Å². The quantitative estimate of drug-likeness (QED) is 0.331. The van der Waals surface area contributed by atoms with E-state index in [1.807, 2.05) is 19.1 Å². The molecule has 10 nitrogen and oxygen atoms in total. The molecule has 2 N–H and O–H groups in total. The lowest BCUT2D eigenvalue weighted by molar-refractivity contribution is -0.114. The molecule has 0 aliphatic heterocycles. The van der Waals surface area contributed by atoms with Crippen molar-refractivity contribution >= 4 is 33.2 Å². The van der Waals surface area contributed by atoms with Gasteiger partial charge in [0.2, 0.25) is 15.9 Å². The Kier molecular flexibility index (Phi) is 10.2. The molecule has 3 rings (SSSR count). The molecule has 0 aliphatic carbocycles. The molecule has 0 atom stereocenters. The molecule has 0 unspecified atom stereocenters. The van der Waals surface area contributed by atoms with Gasteiger partial charge in [0.15, 0.2) is 11.5 Å². The van der Waals surface area contributed by atoms with Crippen molar-refractivity contribution in [3.05, 3.63) is 77.9 Å². The molecule has 2 amide bonds. The molecule has 0 fully saturated rings. The van der Waals surface area contributed by atoms with Crippen molar-refractivity contribution in [1.82, 2.24) is 5.32 Å². The van der Waals surface area contributed by atoms with Crippen molar-refractivity contribution in [2.75, 3.05) is 49.8 Å². The maximum Gasteiger partial charge on any atom is 0.253 e. The van der Waals surface area contributed by atoms with E-state index >= 15 is 0 Å². The van der Waals surface area contributed by atoms with Crippen LogP contribution in [0, 0.1) is 0 Å².